The highest BCUT2D eigenvalue weighted by atomic mass is 79.9. The Hall–Kier alpha value is -0.910. The lowest BCUT2D eigenvalue weighted by Gasteiger charge is -2.14. The Kier molecular flexibility index (Phi) is 4.74. The van der Waals surface area contributed by atoms with Gasteiger partial charge >= 0.3 is 0 Å². The van der Waals surface area contributed by atoms with Crippen molar-refractivity contribution in [3.63, 3.8) is 0 Å². The molecule has 0 bridgehead atoms. The molecular weight excluding hydrogens is 315 g/mol. The third kappa shape index (κ3) is 3.54. The van der Waals surface area contributed by atoms with Crippen molar-refractivity contribution in [3.05, 3.63) is 58.4 Å². The van der Waals surface area contributed by atoms with Gasteiger partial charge in [0.25, 0.3) is 0 Å². The van der Waals surface area contributed by atoms with Gasteiger partial charge in [0.2, 0.25) is 0 Å². The van der Waals surface area contributed by atoms with Crippen LogP contribution in [-0.2, 0) is 0 Å². The van der Waals surface area contributed by atoms with Crippen molar-refractivity contribution in [3.8, 4) is 0 Å². The van der Waals surface area contributed by atoms with Crippen molar-refractivity contribution in [1.82, 2.24) is 4.98 Å². The minimum absolute atomic E-state index is 0.0827. The molecule has 0 aliphatic carbocycles. The number of aromatic nitrogens is 1. The van der Waals surface area contributed by atoms with Gasteiger partial charge in [-0.3, -0.25) is 0 Å². The molecule has 18 heavy (non-hydrogen) atoms. The van der Waals surface area contributed by atoms with Gasteiger partial charge in [0.05, 0.1) is 5.03 Å². The van der Waals surface area contributed by atoms with Gasteiger partial charge < -0.3 is 5.73 Å². The fraction of sp³-hybridized carbons (Fsp3) is 0.154. The van der Waals surface area contributed by atoms with E-state index in [1.165, 1.54) is 12.1 Å². The topological polar surface area (TPSA) is 38.9 Å². The van der Waals surface area contributed by atoms with Crippen LogP contribution in [-0.4, -0.2) is 11.5 Å². The van der Waals surface area contributed by atoms with E-state index in [2.05, 4.69) is 20.9 Å². The van der Waals surface area contributed by atoms with Gasteiger partial charge in [0.1, 0.15) is 5.82 Å². The highest BCUT2D eigenvalue weighted by Gasteiger charge is 2.12. The number of rotatable bonds is 4. The monoisotopic (exact) mass is 326 g/mol. The molecule has 0 spiro atoms. The summed E-state index contributed by atoms with van der Waals surface area (Å²) in [6.07, 6.45) is 1.75. The molecule has 1 unspecified atom stereocenters. The van der Waals surface area contributed by atoms with Crippen LogP contribution >= 0.6 is 27.7 Å². The van der Waals surface area contributed by atoms with Gasteiger partial charge in [-0.2, -0.15) is 0 Å². The SMILES string of the molecule is NCC(Sc1ccc(Br)cn1)c1ccc(F)cc1. The van der Waals surface area contributed by atoms with Crippen LogP contribution in [0.2, 0.25) is 0 Å². The molecule has 0 aliphatic heterocycles. The number of nitrogens with zero attached hydrogens (tertiary/aromatic N) is 1. The Labute approximate surface area is 118 Å². The third-order valence-corrected chi connectivity index (χ3v) is 4.12. The summed E-state index contributed by atoms with van der Waals surface area (Å²) in [5.74, 6) is -0.235. The standard InChI is InChI=1S/C13H12BrFN2S/c14-10-3-6-13(17-8-10)18-12(7-16)9-1-4-11(15)5-2-9/h1-6,8,12H,7,16H2. The molecular formula is C13H12BrFN2S. The lowest BCUT2D eigenvalue weighted by molar-refractivity contribution is 0.627. The van der Waals surface area contributed by atoms with Crippen LogP contribution < -0.4 is 5.73 Å². The number of halogens is 2. The molecule has 0 aliphatic rings. The van der Waals surface area contributed by atoms with Gasteiger partial charge in [-0.1, -0.05) is 23.9 Å². The van der Waals surface area contributed by atoms with Crippen LogP contribution in [0.4, 0.5) is 4.39 Å². The number of benzene rings is 1. The number of pyridine rings is 1. The number of hydrogen-bond donors (Lipinski definition) is 1. The van der Waals surface area contributed by atoms with Crippen LogP contribution in [0.15, 0.2) is 52.1 Å². The molecule has 2 aromatic rings. The summed E-state index contributed by atoms with van der Waals surface area (Å²) in [6.45, 7) is 0.480. The highest BCUT2D eigenvalue weighted by Crippen LogP contribution is 2.33. The third-order valence-electron chi connectivity index (χ3n) is 2.42. The summed E-state index contributed by atoms with van der Waals surface area (Å²) >= 11 is 4.92. The summed E-state index contributed by atoms with van der Waals surface area (Å²) in [5, 5.41) is 0.984. The van der Waals surface area contributed by atoms with E-state index < -0.39 is 0 Å². The molecule has 1 atom stereocenters. The molecule has 1 heterocycles. The average molecular weight is 327 g/mol. The average Bonchev–Trinajstić information content (AvgIpc) is 2.39. The second-order valence-electron chi connectivity index (χ2n) is 3.71. The van der Waals surface area contributed by atoms with Crippen LogP contribution in [0.5, 0.6) is 0 Å². The lowest BCUT2D eigenvalue weighted by Crippen LogP contribution is -2.09. The maximum atomic E-state index is 12.9. The molecule has 2 nitrogen and oxygen atoms in total. The van der Waals surface area contributed by atoms with E-state index in [1.807, 2.05) is 12.1 Å². The van der Waals surface area contributed by atoms with Crippen LogP contribution in [0.25, 0.3) is 0 Å². The van der Waals surface area contributed by atoms with Crippen molar-refractivity contribution < 1.29 is 4.39 Å². The Balaban J connectivity index is 2.14. The summed E-state index contributed by atoms with van der Waals surface area (Å²) in [5.41, 5.74) is 6.78. The zero-order valence-corrected chi connectivity index (χ0v) is 11.9. The van der Waals surface area contributed by atoms with Crippen molar-refractivity contribution in [2.75, 3.05) is 6.54 Å². The van der Waals surface area contributed by atoms with Crippen molar-refractivity contribution >= 4 is 27.7 Å². The van der Waals surface area contributed by atoms with E-state index in [9.17, 15) is 4.39 Å². The number of nitrogens with two attached hydrogens (primary N) is 1. The maximum Gasteiger partial charge on any atom is 0.123 e. The maximum absolute atomic E-state index is 12.9. The van der Waals surface area contributed by atoms with E-state index in [4.69, 9.17) is 5.73 Å². The Bertz CT molecular complexity index is 501. The Morgan fingerprint density at radius 2 is 1.94 bits per heavy atom. The Morgan fingerprint density at radius 3 is 2.50 bits per heavy atom. The molecule has 0 saturated carbocycles. The van der Waals surface area contributed by atoms with Gasteiger partial charge in [-0.15, -0.1) is 0 Å². The minimum Gasteiger partial charge on any atom is -0.329 e. The molecule has 0 saturated heterocycles. The molecule has 94 valence electrons. The molecule has 1 aromatic heterocycles. The molecule has 2 N–H and O–H groups in total. The first kappa shape index (κ1) is 13.5. The van der Waals surface area contributed by atoms with Gasteiger partial charge in [-0.05, 0) is 45.8 Å². The number of thioether (sulfide) groups is 1. The second-order valence-corrected chi connectivity index (χ2v) is 5.85. The van der Waals surface area contributed by atoms with E-state index in [0.717, 1.165) is 15.1 Å². The summed E-state index contributed by atoms with van der Waals surface area (Å²) in [4.78, 5) is 4.30. The van der Waals surface area contributed by atoms with E-state index in [0.29, 0.717) is 6.54 Å². The minimum atomic E-state index is -0.235. The molecule has 0 radical (unpaired) electrons. The lowest BCUT2D eigenvalue weighted by atomic mass is 10.1. The smallest absolute Gasteiger partial charge is 0.123 e. The van der Waals surface area contributed by atoms with Crippen molar-refractivity contribution in [2.45, 2.75) is 10.3 Å². The van der Waals surface area contributed by atoms with Crippen LogP contribution in [0.3, 0.4) is 0 Å². The zero-order valence-electron chi connectivity index (χ0n) is 9.51. The normalized spacial score (nSPS) is 12.4. The molecule has 0 amide bonds. The summed E-state index contributed by atoms with van der Waals surface area (Å²) in [7, 11) is 0. The quantitative estimate of drug-likeness (QED) is 0.869. The first-order valence-corrected chi connectivity index (χ1v) is 7.10. The summed E-state index contributed by atoms with van der Waals surface area (Å²) < 4.78 is 13.8. The molecule has 0 fully saturated rings. The largest absolute Gasteiger partial charge is 0.329 e. The summed E-state index contributed by atoms with van der Waals surface area (Å²) in [6, 6.07) is 10.3. The first-order valence-electron chi connectivity index (χ1n) is 5.43. The van der Waals surface area contributed by atoms with E-state index in [-0.39, 0.29) is 11.1 Å². The van der Waals surface area contributed by atoms with Gasteiger partial charge in [0.15, 0.2) is 0 Å². The van der Waals surface area contributed by atoms with Crippen LogP contribution in [0, 0.1) is 5.82 Å². The Morgan fingerprint density at radius 1 is 1.22 bits per heavy atom. The van der Waals surface area contributed by atoms with Crippen LogP contribution in [0.1, 0.15) is 10.8 Å². The van der Waals surface area contributed by atoms with E-state index in [1.54, 1.807) is 30.1 Å². The van der Waals surface area contributed by atoms with Crippen molar-refractivity contribution in [1.29, 1.82) is 0 Å². The highest BCUT2D eigenvalue weighted by molar-refractivity contribution is 9.10. The van der Waals surface area contributed by atoms with Gasteiger partial charge in [0, 0.05) is 22.5 Å². The molecule has 5 heteroatoms. The first-order chi connectivity index (χ1) is 8.69. The number of hydrogen-bond acceptors (Lipinski definition) is 3. The predicted octanol–water partition coefficient (Wildman–Crippen LogP) is 3.78. The fourth-order valence-corrected chi connectivity index (χ4v) is 2.68. The zero-order chi connectivity index (χ0) is 13.0. The fourth-order valence-electron chi connectivity index (χ4n) is 1.51. The van der Waals surface area contributed by atoms with Gasteiger partial charge in [-0.25, -0.2) is 9.37 Å². The second kappa shape index (κ2) is 6.31. The molecule has 1 aromatic carbocycles. The predicted molar refractivity (Wildman–Crippen MR) is 76.0 cm³/mol. The van der Waals surface area contributed by atoms with Crippen molar-refractivity contribution in [2.24, 2.45) is 5.73 Å². The van der Waals surface area contributed by atoms with E-state index >= 15 is 0 Å². The molecule has 2 rings (SSSR count).